The maximum absolute atomic E-state index is 11.1. The van der Waals surface area contributed by atoms with Gasteiger partial charge in [0.2, 0.25) is 0 Å². The minimum absolute atomic E-state index is 0.0526. The van der Waals surface area contributed by atoms with Crippen molar-refractivity contribution in [2.24, 2.45) is 5.10 Å². The number of aliphatic hydroxyl groups is 1. The van der Waals surface area contributed by atoms with Crippen LogP contribution in [-0.4, -0.2) is 53.5 Å². The van der Waals surface area contributed by atoms with Gasteiger partial charge < -0.3 is 9.84 Å². The van der Waals surface area contributed by atoms with Gasteiger partial charge in [0.25, 0.3) is 5.91 Å². The summed E-state index contributed by atoms with van der Waals surface area (Å²) in [4.78, 5) is 13.4. The zero-order valence-corrected chi connectivity index (χ0v) is 14.4. The number of benzene rings is 1. The van der Waals surface area contributed by atoms with Crippen molar-refractivity contribution in [1.82, 2.24) is 10.3 Å². The largest absolute Gasteiger partial charge is 0.497 e. The Morgan fingerprint density at radius 2 is 2.38 bits per heavy atom. The third-order valence-electron chi connectivity index (χ3n) is 4.10. The first kappa shape index (κ1) is 17.0. The molecule has 1 unspecified atom stereocenters. The number of hydrazone groups is 1. The summed E-state index contributed by atoms with van der Waals surface area (Å²) in [6, 6.07) is 7.53. The molecule has 6 nitrogen and oxygen atoms in total. The first-order chi connectivity index (χ1) is 11.7. The molecule has 24 heavy (non-hydrogen) atoms. The molecule has 1 aromatic rings. The number of carbonyl (C=O) groups is 1. The molecule has 7 heteroatoms. The van der Waals surface area contributed by atoms with E-state index in [1.807, 2.05) is 24.3 Å². The summed E-state index contributed by atoms with van der Waals surface area (Å²) in [5.74, 6) is 1.12. The molecule has 1 atom stereocenters. The molecule has 1 amide bonds. The number of nitrogens with zero attached hydrogens (tertiary/aromatic N) is 2. The number of hydrogen-bond donors (Lipinski definition) is 2. The summed E-state index contributed by atoms with van der Waals surface area (Å²) in [6.45, 7) is 2.21. The van der Waals surface area contributed by atoms with E-state index in [4.69, 9.17) is 4.74 Å². The van der Waals surface area contributed by atoms with Crippen molar-refractivity contribution in [3.63, 3.8) is 0 Å². The second-order valence-corrected chi connectivity index (χ2v) is 6.74. The van der Waals surface area contributed by atoms with Crippen LogP contribution in [0.4, 0.5) is 0 Å². The lowest BCUT2D eigenvalue weighted by molar-refractivity contribution is -0.118. The Balaban J connectivity index is 1.57. The predicted molar refractivity (Wildman–Crippen MR) is 95.1 cm³/mol. The zero-order valence-electron chi connectivity index (χ0n) is 13.6. The number of hydrogen-bond acceptors (Lipinski definition) is 6. The Bertz CT molecular complexity index is 675. The molecule has 2 aliphatic rings. The minimum atomic E-state index is -0.546. The Morgan fingerprint density at radius 1 is 1.50 bits per heavy atom. The molecule has 0 spiro atoms. The van der Waals surface area contributed by atoms with Crippen LogP contribution in [0.25, 0.3) is 0 Å². The SMILES string of the molecule is COc1cccc(C(O)CN2CC=C(C3=NNC(=O)CS3)CC2)c1. The molecule has 1 aromatic carbocycles. The highest BCUT2D eigenvalue weighted by atomic mass is 32.2. The monoisotopic (exact) mass is 347 g/mol. The van der Waals surface area contributed by atoms with E-state index in [2.05, 4.69) is 21.5 Å². The summed E-state index contributed by atoms with van der Waals surface area (Å²) in [6.07, 6.45) is 2.45. The van der Waals surface area contributed by atoms with Crippen molar-refractivity contribution in [3.05, 3.63) is 41.5 Å². The van der Waals surface area contributed by atoms with E-state index in [0.717, 1.165) is 35.9 Å². The molecular weight excluding hydrogens is 326 g/mol. The fraction of sp³-hybridized carbons (Fsp3) is 0.412. The highest BCUT2D eigenvalue weighted by Crippen LogP contribution is 2.24. The molecule has 0 aliphatic carbocycles. The highest BCUT2D eigenvalue weighted by molar-refractivity contribution is 8.15. The van der Waals surface area contributed by atoms with Gasteiger partial charge in [0.1, 0.15) is 10.8 Å². The normalized spacial score (nSPS) is 20.0. The van der Waals surface area contributed by atoms with Crippen LogP contribution >= 0.6 is 11.8 Å². The van der Waals surface area contributed by atoms with Crippen molar-refractivity contribution >= 4 is 22.7 Å². The molecule has 0 fully saturated rings. The number of amides is 1. The third-order valence-corrected chi connectivity index (χ3v) is 5.13. The minimum Gasteiger partial charge on any atom is -0.497 e. The maximum atomic E-state index is 11.1. The molecule has 0 saturated carbocycles. The lowest BCUT2D eigenvalue weighted by Gasteiger charge is -2.29. The van der Waals surface area contributed by atoms with Gasteiger partial charge in [0.15, 0.2) is 0 Å². The van der Waals surface area contributed by atoms with Crippen LogP contribution in [-0.2, 0) is 4.79 Å². The molecule has 0 bridgehead atoms. The molecule has 128 valence electrons. The molecule has 2 aliphatic heterocycles. The summed E-state index contributed by atoms with van der Waals surface area (Å²) in [5, 5.41) is 15.5. The fourth-order valence-corrected chi connectivity index (χ4v) is 3.56. The van der Waals surface area contributed by atoms with Gasteiger partial charge in [0, 0.05) is 19.6 Å². The van der Waals surface area contributed by atoms with Gasteiger partial charge in [0.05, 0.1) is 19.0 Å². The van der Waals surface area contributed by atoms with E-state index < -0.39 is 6.10 Å². The van der Waals surface area contributed by atoms with Crippen LogP contribution in [0, 0.1) is 0 Å². The molecule has 0 saturated heterocycles. The lowest BCUT2D eigenvalue weighted by Crippen LogP contribution is -2.34. The quantitative estimate of drug-likeness (QED) is 0.845. The van der Waals surface area contributed by atoms with E-state index >= 15 is 0 Å². The molecule has 3 rings (SSSR count). The van der Waals surface area contributed by atoms with Crippen LogP contribution in [0.1, 0.15) is 18.1 Å². The lowest BCUT2D eigenvalue weighted by atomic mass is 10.1. The van der Waals surface area contributed by atoms with Gasteiger partial charge in [-0.25, -0.2) is 5.43 Å². The van der Waals surface area contributed by atoms with Crippen molar-refractivity contribution in [1.29, 1.82) is 0 Å². The standard InChI is InChI=1S/C17H21N3O3S/c1-23-14-4-2-3-13(9-14)15(21)10-20-7-5-12(6-8-20)17-19-18-16(22)11-24-17/h2-5,9,15,21H,6-8,10-11H2,1H3,(H,18,22). The third kappa shape index (κ3) is 4.17. The molecular formula is C17H21N3O3S. The van der Waals surface area contributed by atoms with Crippen LogP contribution in [0.5, 0.6) is 5.75 Å². The summed E-state index contributed by atoms with van der Waals surface area (Å²) < 4.78 is 5.20. The van der Waals surface area contributed by atoms with Crippen molar-refractivity contribution in [2.45, 2.75) is 12.5 Å². The average molecular weight is 347 g/mol. The smallest absolute Gasteiger partial charge is 0.250 e. The summed E-state index contributed by atoms with van der Waals surface area (Å²) in [5.41, 5.74) is 4.56. The number of nitrogens with one attached hydrogen (secondary N) is 1. The maximum Gasteiger partial charge on any atom is 0.250 e. The van der Waals surface area contributed by atoms with Gasteiger partial charge >= 0.3 is 0 Å². The van der Waals surface area contributed by atoms with Gasteiger partial charge in [-0.05, 0) is 29.7 Å². The Labute approximate surface area is 145 Å². The fourth-order valence-electron chi connectivity index (χ4n) is 2.75. The van der Waals surface area contributed by atoms with Crippen LogP contribution < -0.4 is 10.2 Å². The van der Waals surface area contributed by atoms with E-state index in [1.165, 1.54) is 17.3 Å². The molecule has 0 radical (unpaired) electrons. The van der Waals surface area contributed by atoms with E-state index in [-0.39, 0.29) is 5.91 Å². The first-order valence-electron chi connectivity index (χ1n) is 7.89. The van der Waals surface area contributed by atoms with Crippen molar-refractivity contribution in [2.75, 3.05) is 32.5 Å². The van der Waals surface area contributed by atoms with Crippen LogP contribution in [0.2, 0.25) is 0 Å². The highest BCUT2D eigenvalue weighted by Gasteiger charge is 2.21. The summed E-state index contributed by atoms with van der Waals surface area (Å²) in [7, 11) is 1.62. The molecule has 2 heterocycles. The number of ether oxygens (including phenoxy) is 1. The Morgan fingerprint density at radius 3 is 3.04 bits per heavy atom. The number of aliphatic hydroxyl groups excluding tert-OH is 1. The van der Waals surface area contributed by atoms with Gasteiger partial charge in [-0.15, -0.1) is 0 Å². The van der Waals surface area contributed by atoms with Crippen LogP contribution in [0.15, 0.2) is 41.0 Å². The van der Waals surface area contributed by atoms with E-state index in [1.54, 1.807) is 7.11 Å². The van der Waals surface area contributed by atoms with Gasteiger partial charge in [-0.2, -0.15) is 5.10 Å². The predicted octanol–water partition coefficient (Wildman–Crippen LogP) is 1.54. The number of thioether (sulfide) groups is 1. The summed E-state index contributed by atoms with van der Waals surface area (Å²) >= 11 is 1.48. The topological polar surface area (TPSA) is 74.2 Å². The molecule has 2 N–H and O–H groups in total. The number of carbonyl (C=O) groups excluding carboxylic acids is 1. The number of rotatable bonds is 5. The average Bonchev–Trinajstić information content (AvgIpc) is 2.63. The second kappa shape index (κ2) is 7.83. The molecule has 0 aromatic heterocycles. The second-order valence-electron chi connectivity index (χ2n) is 5.77. The van der Waals surface area contributed by atoms with E-state index in [0.29, 0.717) is 12.3 Å². The van der Waals surface area contributed by atoms with Crippen molar-refractivity contribution in [3.8, 4) is 5.75 Å². The van der Waals surface area contributed by atoms with Crippen molar-refractivity contribution < 1.29 is 14.6 Å². The first-order valence-corrected chi connectivity index (χ1v) is 8.87. The zero-order chi connectivity index (χ0) is 16.9. The van der Waals surface area contributed by atoms with E-state index in [9.17, 15) is 9.90 Å². The van der Waals surface area contributed by atoms with Crippen LogP contribution in [0.3, 0.4) is 0 Å². The van der Waals surface area contributed by atoms with Gasteiger partial charge in [-0.1, -0.05) is 30.0 Å². The Hall–Kier alpha value is -1.83. The Kier molecular flexibility index (Phi) is 5.55. The number of methoxy groups -OCH3 is 1. The number of β-amino-alcohol motifs (C(OH)–C–C–N with tert-alkyl or cyclic N) is 1. The van der Waals surface area contributed by atoms with Gasteiger partial charge in [-0.3, -0.25) is 9.69 Å².